The Balaban J connectivity index is 1.75. The number of nitrogens with two attached hydrogens (primary N) is 1. The molecule has 2 heteroatoms. The average Bonchev–Trinajstić information content (AvgIpc) is 3.03. The molecule has 0 aliphatic heterocycles. The molecule has 1 aromatic heterocycles. The van der Waals surface area contributed by atoms with Crippen LogP contribution < -0.4 is 5.73 Å². The molecule has 3 rings (SSSR count). The minimum absolute atomic E-state index is 0.0213. The van der Waals surface area contributed by atoms with E-state index >= 15 is 0 Å². The number of rotatable bonds is 4. The van der Waals surface area contributed by atoms with Crippen molar-refractivity contribution < 1.29 is 0 Å². The van der Waals surface area contributed by atoms with Crippen molar-refractivity contribution in [3.05, 3.63) is 93.7 Å². The quantitative estimate of drug-likeness (QED) is 0.753. The maximum atomic E-state index is 6.27. The number of benzene rings is 2. The number of hydrogen-bond acceptors (Lipinski definition) is 2. The van der Waals surface area contributed by atoms with Gasteiger partial charge in [-0.1, -0.05) is 54.6 Å². The highest BCUT2D eigenvalue weighted by Crippen LogP contribution is 2.22. The zero-order valence-electron chi connectivity index (χ0n) is 11.2. The molecule has 1 unspecified atom stereocenters. The van der Waals surface area contributed by atoms with Crippen molar-refractivity contribution in [2.75, 3.05) is 0 Å². The molecule has 2 aromatic carbocycles. The summed E-state index contributed by atoms with van der Waals surface area (Å²) >= 11 is 1.69. The molecule has 0 saturated carbocycles. The van der Waals surface area contributed by atoms with Gasteiger partial charge in [0.25, 0.3) is 0 Å². The molecule has 3 aromatic rings. The van der Waals surface area contributed by atoms with Crippen LogP contribution in [-0.2, 0) is 6.42 Å². The van der Waals surface area contributed by atoms with Gasteiger partial charge in [0, 0.05) is 0 Å². The first-order valence-electron chi connectivity index (χ1n) is 6.73. The van der Waals surface area contributed by atoms with Gasteiger partial charge in [0.05, 0.1) is 6.04 Å². The molecule has 0 spiro atoms. The highest BCUT2D eigenvalue weighted by atomic mass is 32.1. The molecule has 0 aliphatic rings. The standard InChI is InChI=1S/C18H17NS/c19-18(17-10-11-20-13-17)16-8-6-15(7-9-16)12-14-4-2-1-3-5-14/h1-11,13,18H,12,19H2. The molecule has 1 atom stereocenters. The summed E-state index contributed by atoms with van der Waals surface area (Å²) in [6, 6.07) is 21.2. The van der Waals surface area contributed by atoms with Crippen molar-refractivity contribution in [2.24, 2.45) is 5.73 Å². The van der Waals surface area contributed by atoms with Crippen LogP contribution in [0.2, 0.25) is 0 Å². The van der Waals surface area contributed by atoms with Crippen LogP contribution in [0.25, 0.3) is 0 Å². The van der Waals surface area contributed by atoms with Gasteiger partial charge in [-0.25, -0.2) is 0 Å². The van der Waals surface area contributed by atoms with Crippen LogP contribution in [-0.4, -0.2) is 0 Å². The van der Waals surface area contributed by atoms with E-state index in [1.807, 2.05) is 6.07 Å². The van der Waals surface area contributed by atoms with E-state index in [1.165, 1.54) is 22.3 Å². The van der Waals surface area contributed by atoms with Gasteiger partial charge in [0.1, 0.15) is 0 Å². The maximum Gasteiger partial charge on any atom is 0.0559 e. The summed E-state index contributed by atoms with van der Waals surface area (Å²) in [5.41, 5.74) is 11.3. The fourth-order valence-electron chi connectivity index (χ4n) is 2.32. The van der Waals surface area contributed by atoms with Gasteiger partial charge in [0.2, 0.25) is 0 Å². The third kappa shape index (κ3) is 2.98. The van der Waals surface area contributed by atoms with Gasteiger partial charge in [-0.2, -0.15) is 11.3 Å². The molecule has 20 heavy (non-hydrogen) atoms. The Morgan fingerprint density at radius 1 is 0.800 bits per heavy atom. The van der Waals surface area contributed by atoms with Crippen molar-refractivity contribution in [3.8, 4) is 0 Å². The Bertz CT molecular complexity index is 642. The summed E-state index contributed by atoms with van der Waals surface area (Å²) in [6.45, 7) is 0. The predicted molar refractivity (Wildman–Crippen MR) is 86.0 cm³/mol. The molecule has 1 heterocycles. The van der Waals surface area contributed by atoms with Crippen LogP contribution in [0.5, 0.6) is 0 Å². The fourth-order valence-corrected chi connectivity index (χ4v) is 3.02. The number of thiophene rings is 1. The predicted octanol–water partition coefficient (Wildman–Crippen LogP) is 4.39. The average molecular weight is 279 g/mol. The molecule has 2 N–H and O–H groups in total. The second-order valence-corrected chi connectivity index (χ2v) is 5.72. The zero-order valence-corrected chi connectivity index (χ0v) is 12.0. The van der Waals surface area contributed by atoms with Gasteiger partial charge in [0.15, 0.2) is 0 Å². The highest BCUT2D eigenvalue weighted by Gasteiger charge is 2.08. The van der Waals surface area contributed by atoms with Gasteiger partial charge >= 0.3 is 0 Å². The van der Waals surface area contributed by atoms with E-state index in [2.05, 4.69) is 65.4 Å². The first-order chi connectivity index (χ1) is 9.83. The van der Waals surface area contributed by atoms with Crippen molar-refractivity contribution in [3.63, 3.8) is 0 Å². The largest absolute Gasteiger partial charge is 0.320 e. The van der Waals surface area contributed by atoms with Crippen LogP contribution in [0.4, 0.5) is 0 Å². The summed E-state index contributed by atoms with van der Waals surface area (Å²) in [5.74, 6) is 0. The van der Waals surface area contributed by atoms with E-state index in [0.717, 1.165) is 6.42 Å². The molecule has 0 radical (unpaired) electrons. The van der Waals surface area contributed by atoms with E-state index in [1.54, 1.807) is 11.3 Å². The molecular weight excluding hydrogens is 262 g/mol. The Morgan fingerprint density at radius 2 is 1.50 bits per heavy atom. The minimum Gasteiger partial charge on any atom is -0.320 e. The molecule has 0 amide bonds. The van der Waals surface area contributed by atoms with E-state index in [-0.39, 0.29) is 6.04 Å². The smallest absolute Gasteiger partial charge is 0.0559 e. The van der Waals surface area contributed by atoms with E-state index in [4.69, 9.17) is 5.73 Å². The summed E-state index contributed by atoms with van der Waals surface area (Å²) in [5, 5.41) is 4.18. The second-order valence-electron chi connectivity index (χ2n) is 4.94. The third-order valence-corrected chi connectivity index (χ3v) is 4.19. The first kappa shape index (κ1) is 13.1. The zero-order chi connectivity index (χ0) is 13.8. The first-order valence-corrected chi connectivity index (χ1v) is 7.67. The van der Waals surface area contributed by atoms with Gasteiger partial charge in [-0.15, -0.1) is 0 Å². The Labute approximate surface area is 123 Å². The van der Waals surface area contributed by atoms with E-state index in [0.29, 0.717) is 0 Å². The Morgan fingerprint density at radius 3 is 2.15 bits per heavy atom. The minimum atomic E-state index is -0.0213. The normalized spacial score (nSPS) is 12.2. The summed E-state index contributed by atoms with van der Waals surface area (Å²) in [7, 11) is 0. The van der Waals surface area contributed by atoms with Crippen LogP contribution in [0.3, 0.4) is 0 Å². The van der Waals surface area contributed by atoms with Crippen LogP contribution in [0, 0.1) is 0 Å². The summed E-state index contributed by atoms with van der Waals surface area (Å²) in [6.07, 6.45) is 0.967. The van der Waals surface area contributed by atoms with Gasteiger partial charge in [-0.05, 0) is 45.5 Å². The van der Waals surface area contributed by atoms with Gasteiger partial charge in [-0.3, -0.25) is 0 Å². The van der Waals surface area contributed by atoms with Crippen molar-refractivity contribution >= 4 is 11.3 Å². The molecule has 0 aliphatic carbocycles. The third-order valence-electron chi connectivity index (χ3n) is 3.49. The molecule has 0 bridgehead atoms. The summed E-state index contributed by atoms with van der Waals surface area (Å²) in [4.78, 5) is 0. The van der Waals surface area contributed by atoms with E-state index in [9.17, 15) is 0 Å². The van der Waals surface area contributed by atoms with Crippen molar-refractivity contribution in [1.82, 2.24) is 0 Å². The molecule has 1 nitrogen and oxygen atoms in total. The fraction of sp³-hybridized carbons (Fsp3) is 0.111. The lowest BCUT2D eigenvalue weighted by molar-refractivity contribution is 0.875. The second kappa shape index (κ2) is 6.04. The van der Waals surface area contributed by atoms with Crippen molar-refractivity contribution in [1.29, 1.82) is 0 Å². The SMILES string of the molecule is NC(c1ccc(Cc2ccccc2)cc1)c1ccsc1. The lowest BCUT2D eigenvalue weighted by atomic mass is 9.98. The van der Waals surface area contributed by atoms with Crippen LogP contribution in [0.15, 0.2) is 71.4 Å². The lowest BCUT2D eigenvalue weighted by Gasteiger charge is -2.11. The molecule has 0 saturated heterocycles. The van der Waals surface area contributed by atoms with E-state index < -0.39 is 0 Å². The Kier molecular flexibility index (Phi) is 3.95. The molecule has 0 fully saturated rings. The van der Waals surface area contributed by atoms with Crippen molar-refractivity contribution in [2.45, 2.75) is 12.5 Å². The van der Waals surface area contributed by atoms with Gasteiger partial charge < -0.3 is 5.73 Å². The van der Waals surface area contributed by atoms with Crippen LogP contribution >= 0.6 is 11.3 Å². The number of hydrogen-bond donors (Lipinski definition) is 1. The topological polar surface area (TPSA) is 26.0 Å². The van der Waals surface area contributed by atoms with Crippen LogP contribution in [0.1, 0.15) is 28.3 Å². The lowest BCUT2D eigenvalue weighted by Crippen LogP contribution is -2.10. The monoisotopic (exact) mass is 279 g/mol. The highest BCUT2D eigenvalue weighted by molar-refractivity contribution is 7.08. The summed E-state index contributed by atoms with van der Waals surface area (Å²) < 4.78 is 0. The molecule has 100 valence electrons. The Hall–Kier alpha value is -1.90. The molecular formula is C18H17NS. The maximum absolute atomic E-state index is 6.27.